The fraction of sp³-hybridized carbons (Fsp3) is 0.500. The first-order chi connectivity index (χ1) is 13.9. The largest absolute Gasteiger partial charge is 0.303 e. The van der Waals surface area contributed by atoms with Gasteiger partial charge in [-0.15, -0.1) is 0 Å². The molecular formula is C24H29FN4. The molecule has 1 aliphatic carbocycles. The monoisotopic (exact) mass is 392 g/mol. The number of aromatic nitrogens is 3. The fourth-order valence-electron chi connectivity index (χ4n) is 4.94. The van der Waals surface area contributed by atoms with Crippen LogP contribution in [0.2, 0.25) is 0 Å². The van der Waals surface area contributed by atoms with Gasteiger partial charge < -0.3 is 4.90 Å². The molecule has 2 aromatic heterocycles. The number of piperidine rings is 1. The van der Waals surface area contributed by atoms with Gasteiger partial charge in [0.05, 0.1) is 11.9 Å². The maximum Gasteiger partial charge on any atom is 0.155 e. The highest BCUT2D eigenvalue weighted by Crippen LogP contribution is 2.43. The molecule has 0 unspecified atom stereocenters. The number of nitrogens with zero attached hydrogens (tertiary/aromatic N) is 4. The van der Waals surface area contributed by atoms with Gasteiger partial charge in [-0.2, -0.15) is 5.10 Å². The third-order valence-electron chi connectivity index (χ3n) is 7.03. The minimum Gasteiger partial charge on any atom is -0.303 e. The number of hydrogen-bond donors (Lipinski definition) is 0. The van der Waals surface area contributed by atoms with E-state index in [1.165, 1.54) is 19.3 Å². The van der Waals surface area contributed by atoms with E-state index in [1.54, 1.807) is 4.68 Å². The normalized spacial score (nSPS) is 21.2. The average molecular weight is 393 g/mol. The van der Waals surface area contributed by atoms with Gasteiger partial charge in [-0.3, -0.25) is 9.67 Å². The van der Waals surface area contributed by atoms with E-state index in [1.807, 2.05) is 31.7 Å². The van der Waals surface area contributed by atoms with Crippen molar-refractivity contribution in [2.24, 2.45) is 12.5 Å². The van der Waals surface area contributed by atoms with E-state index in [-0.39, 0.29) is 0 Å². The van der Waals surface area contributed by atoms with Crippen molar-refractivity contribution in [3.05, 3.63) is 48.5 Å². The molecule has 0 atom stereocenters. The van der Waals surface area contributed by atoms with Crippen LogP contribution in [0.25, 0.3) is 21.9 Å². The van der Waals surface area contributed by atoms with Crippen LogP contribution < -0.4 is 0 Å². The van der Waals surface area contributed by atoms with Crippen molar-refractivity contribution in [1.29, 1.82) is 0 Å². The van der Waals surface area contributed by atoms with Gasteiger partial charge in [0, 0.05) is 50.0 Å². The van der Waals surface area contributed by atoms with Gasteiger partial charge in [-0.05, 0) is 54.2 Å². The molecular weight excluding hydrogens is 363 g/mol. The van der Waals surface area contributed by atoms with E-state index in [0.29, 0.717) is 24.0 Å². The maximum atomic E-state index is 15.9. The molecule has 1 saturated carbocycles. The van der Waals surface area contributed by atoms with Gasteiger partial charge in [0.2, 0.25) is 0 Å². The Hall–Kier alpha value is -2.27. The van der Waals surface area contributed by atoms with E-state index in [2.05, 4.69) is 40.1 Å². The summed E-state index contributed by atoms with van der Waals surface area (Å²) in [6, 6.07) is 8.21. The molecule has 0 bridgehead atoms. The van der Waals surface area contributed by atoms with Crippen LogP contribution >= 0.6 is 0 Å². The molecule has 5 rings (SSSR count). The summed E-state index contributed by atoms with van der Waals surface area (Å²) in [5.41, 5.74) is 1.89. The first-order valence-corrected chi connectivity index (χ1v) is 10.7. The number of rotatable bonds is 4. The smallest absolute Gasteiger partial charge is 0.155 e. The van der Waals surface area contributed by atoms with E-state index in [9.17, 15) is 0 Å². The average Bonchev–Trinajstić information content (AvgIpc) is 3.14. The van der Waals surface area contributed by atoms with E-state index in [0.717, 1.165) is 41.5 Å². The van der Waals surface area contributed by atoms with Crippen molar-refractivity contribution >= 4 is 10.8 Å². The summed E-state index contributed by atoms with van der Waals surface area (Å²) >= 11 is 0. The molecule has 1 aromatic carbocycles. The van der Waals surface area contributed by atoms with E-state index < -0.39 is 5.67 Å². The van der Waals surface area contributed by atoms with Crippen LogP contribution in [0.3, 0.4) is 0 Å². The van der Waals surface area contributed by atoms with Crippen molar-refractivity contribution in [2.45, 2.75) is 44.7 Å². The Labute approximate surface area is 171 Å². The predicted octanol–water partition coefficient (Wildman–Crippen LogP) is 5.09. The SMILES string of the molecule is Cn1cc(-c2ccc3cnc(C4(F)CCN(CC5(C)CCC5)CC4)cc3c2)cn1. The van der Waals surface area contributed by atoms with E-state index >= 15 is 4.39 Å². The lowest BCUT2D eigenvalue weighted by molar-refractivity contribution is 0.0145. The third kappa shape index (κ3) is 3.57. The molecule has 1 aliphatic heterocycles. The minimum atomic E-state index is -1.32. The van der Waals surface area contributed by atoms with Crippen molar-refractivity contribution in [3.63, 3.8) is 0 Å². The summed E-state index contributed by atoms with van der Waals surface area (Å²) in [7, 11) is 1.91. The number of likely N-dealkylation sites (tertiary alicyclic amines) is 1. The molecule has 29 heavy (non-hydrogen) atoms. The number of fused-ring (bicyclic) bond motifs is 1. The van der Waals surface area contributed by atoms with Crippen LogP contribution in [-0.4, -0.2) is 39.3 Å². The Morgan fingerprint density at radius 2 is 1.79 bits per heavy atom. The van der Waals surface area contributed by atoms with Crippen molar-refractivity contribution < 1.29 is 4.39 Å². The zero-order valence-electron chi connectivity index (χ0n) is 17.4. The standard InChI is InChI=1S/C24H29FN4/c1-23(6-3-7-23)17-29-10-8-24(25,9-11-29)22-13-20-12-18(4-5-19(20)14-26-22)21-15-27-28(2)16-21/h4-5,12-16H,3,6-11,17H2,1-2H3. The second-order valence-electron chi connectivity index (χ2n) is 9.44. The summed E-state index contributed by atoms with van der Waals surface area (Å²) in [4.78, 5) is 6.98. The molecule has 4 nitrogen and oxygen atoms in total. The number of hydrogen-bond acceptors (Lipinski definition) is 3. The molecule has 1 saturated heterocycles. The first-order valence-electron chi connectivity index (χ1n) is 10.7. The van der Waals surface area contributed by atoms with Gasteiger partial charge in [-0.25, -0.2) is 4.39 Å². The molecule has 3 heterocycles. The molecule has 0 radical (unpaired) electrons. The van der Waals surface area contributed by atoms with Crippen molar-refractivity contribution in [1.82, 2.24) is 19.7 Å². The summed E-state index contributed by atoms with van der Waals surface area (Å²) in [6.07, 6.45) is 10.7. The summed E-state index contributed by atoms with van der Waals surface area (Å²) in [5, 5.41) is 6.34. The van der Waals surface area contributed by atoms with E-state index in [4.69, 9.17) is 0 Å². The topological polar surface area (TPSA) is 34.0 Å². The molecule has 3 aromatic rings. The molecule has 152 valence electrons. The molecule has 2 fully saturated rings. The Bertz CT molecular complexity index is 1030. The van der Waals surface area contributed by atoms with Crippen molar-refractivity contribution in [2.75, 3.05) is 19.6 Å². The van der Waals surface area contributed by atoms with Crippen LogP contribution in [0.5, 0.6) is 0 Å². The number of pyridine rings is 1. The number of alkyl halides is 1. The molecule has 0 spiro atoms. The second kappa shape index (κ2) is 6.91. The highest BCUT2D eigenvalue weighted by atomic mass is 19.1. The summed E-state index contributed by atoms with van der Waals surface area (Å²) in [6.45, 7) is 5.13. The number of benzene rings is 1. The van der Waals surface area contributed by atoms with Crippen LogP contribution in [0.1, 0.15) is 44.7 Å². The maximum absolute atomic E-state index is 15.9. The minimum absolute atomic E-state index is 0.459. The highest BCUT2D eigenvalue weighted by molar-refractivity contribution is 5.87. The molecule has 2 aliphatic rings. The fourth-order valence-corrected chi connectivity index (χ4v) is 4.94. The van der Waals surface area contributed by atoms with Crippen LogP contribution in [0.4, 0.5) is 4.39 Å². The molecule has 0 N–H and O–H groups in total. The van der Waals surface area contributed by atoms with Crippen LogP contribution in [-0.2, 0) is 12.7 Å². The summed E-state index contributed by atoms with van der Waals surface area (Å²) in [5.74, 6) is 0. The Balaban J connectivity index is 1.36. The Morgan fingerprint density at radius 3 is 2.45 bits per heavy atom. The van der Waals surface area contributed by atoms with Crippen molar-refractivity contribution in [3.8, 4) is 11.1 Å². The third-order valence-corrected chi connectivity index (χ3v) is 7.03. The Kier molecular flexibility index (Phi) is 4.46. The zero-order chi connectivity index (χ0) is 20.1. The summed E-state index contributed by atoms with van der Waals surface area (Å²) < 4.78 is 17.7. The second-order valence-corrected chi connectivity index (χ2v) is 9.44. The quantitative estimate of drug-likeness (QED) is 0.620. The molecule has 5 heteroatoms. The molecule has 0 amide bonds. The lowest BCUT2D eigenvalue weighted by atomic mass is 9.70. The lowest BCUT2D eigenvalue weighted by Gasteiger charge is -2.45. The van der Waals surface area contributed by atoms with Gasteiger partial charge in [0.25, 0.3) is 0 Å². The Morgan fingerprint density at radius 1 is 1.00 bits per heavy atom. The van der Waals surface area contributed by atoms with Gasteiger partial charge in [0.15, 0.2) is 5.67 Å². The van der Waals surface area contributed by atoms with Gasteiger partial charge >= 0.3 is 0 Å². The highest BCUT2D eigenvalue weighted by Gasteiger charge is 2.40. The van der Waals surface area contributed by atoms with Crippen LogP contribution in [0, 0.1) is 5.41 Å². The number of aryl methyl sites for hydroxylation is 1. The zero-order valence-corrected chi connectivity index (χ0v) is 17.4. The van der Waals surface area contributed by atoms with Gasteiger partial charge in [0.1, 0.15) is 0 Å². The van der Waals surface area contributed by atoms with Crippen LogP contribution in [0.15, 0.2) is 42.9 Å². The van der Waals surface area contributed by atoms with Gasteiger partial charge in [-0.1, -0.05) is 25.5 Å². The predicted molar refractivity (Wildman–Crippen MR) is 114 cm³/mol. The number of halogens is 1. The first kappa shape index (κ1) is 18.7. The lowest BCUT2D eigenvalue weighted by Crippen LogP contribution is -2.46.